The molecule has 2 heterocycles. The molecule has 1 aromatic heterocycles. The van der Waals surface area contributed by atoms with E-state index in [1.165, 1.54) is 6.20 Å². The third kappa shape index (κ3) is 6.90. The Labute approximate surface area is 195 Å². The van der Waals surface area contributed by atoms with Gasteiger partial charge in [-0.2, -0.15) is 0 Å². The second-order valence-corrected chi connectivity index (χ2v) is 10.2. The summed E-state index contributed by atoms with van der Waals surface area (Å²) in [4.78, 5) is 43.8. The topological polar surface area (TPSA) is 127 Å². The lowest BCUT2D eigenvalue weighted by molar-refractivity contribution is -0.147. The van der Waals surface area contributed by atoms with Crippen molar-refractivity contribution in [2.45, 2.75) is 90.3 Å². The highest BCUT2D eigenvalue weighted by Crippen LogP contribution is 2.33. The molecule has 2 aliphatic rings. The van der Waals surface area contributed by atoms with Gasteiger partial charge in [-0.1, -0.05) is 0 Å². The minimum Gasteiger partial charge on any atom is -0.444 e. The Morgan fingerprint density at radius 1 is 1.09 bits per heavy atom. The van der Waals surface area contributed by atoms with E-state index in [-0.39, 0.29) is 12.1 Å². The number of hydrogen-bond acceptors (Lipinski definition) is 6. The Hall–Kier alpha value is -2.68. The van der Waals surface area contributed by atoms with E-state index in [0.717, 1.165) is 44.9 Å². The zero-order valence-corrected chi connectivity index (χ0v) is 20.1. The average Bonchev–Trinajstić information content (AvgIpc) is 2.74. The maximum absolute atomic E-state index is 13.0. The van der Waals surface area contributed by atoms with Crippen molar-refractivity contribution in [2.75, 3.05) is 17.2 Å². The van der Waals surface area contributed by atoms with Crippen molar-refractivity contribution in [3.05, 3.63) is 17.8 Å². The predicted molar refractivity (Wildman–Crippen MR) is 127 cm³/mol. The van der Waals surface area contributed by atoms with Crippen LogP contribution in [0.1, 0.15) is 71.3 Å². The van der Waals surface area contributed by atoms with Crippen LogP contribution in [-0.4, -0.2) is 52.0 Å². The molecule has 2 fully saturated rings. The van der Waals surface area contributed by atoms with Crippen LogP contribution in [-0.2, 0) is 14.3 Å². The number of nitrogens with zero attached hydrogens (tertiary/aromatic N) is 2. The first kappa shape index (κ1) is 25.0. The molecule has 0 bridgehead atoms. The zero-order chi connectivity index (χ0) is 24.2. The number of amides is 3. The Kier molecular flexibility index (Phi) is 7.94. The minimum absolute atomic E-state index is 0.102. The molecule has 182 valence electrons. The molecule has 1 saturated heterocycles. The minimum atomic E-state index is -0.663. The summed E-state index contributed by atoms with van der Waals surface area (Å²) in [5.74, 6) is -0.421. The summed E-state index contributed by atoms with van der Waals surface area (Å²) in [5, 5.41) is 5.27. The van der Waals surface area contributed by atoms with Crippen LogP contribution in [0.2, 0.25) is 0 Å². The van der Waals surface area contributed by atoms with Gasteiger partial charge < -0.3 is 20.7 Å². The van der Waals surface area contributed by atoms with Crippen LogP contribution < -0.4 is 16.4 Å². The van der Waals surface area contributed by atoms with Crippen LogP contribution >= 0.6 is 0 Å². The monoisotopic (exact) mass is 459 g/mol. The molecule has 0 unspecified atom stereocenters. The molecule has 3 rings (SSSR count). The lowest BCUT2D eigenvalue weighted by Crippen LogP contribution is -2.52. The fraction of sp³-hybridized carbons (Fsp3) is 0.667. The number of rotatable bonds is 3. The number of carbonyl (C=O) groups excluding carboxylic acids is 3. The van der Waals surface area contributed by atoms with Gasteiger partial charge in [0, 0.05) is 18.6 Å². The lowest BCUT2D eigenvalue weighted by atomic mass is 9.78. The van der Waals surface area contributed by atoms with Gasteiger partial charge in [-0.05, 0) is 90.2 Å². The number of anilines is 2. The van der Waals surface area contributed by atoms with Gasteiger partial charge in [0.15, 0.2) is 0 Å². The Morgan fingerprint density at radius 3 is 2.42 bits per heavy atom. The van der Waals surface area contributed by atoms with Crippen LogP contribution in [0, 0.1) is 12.8 Å². The van der Waals surface area contributed by atoms with E-state index in [4.69, 9.17) is 10.5 Å². The quantitative estimate of drug-likeness (QED) is 0.593. The molecule has 4 N–H and O–H groups in total. The maximum Gasteiger partial charge on any atom is 0.413 e. The van der Waals surface area contributed by atoms with E-state index >= 15 is 0 Å². The number of piperidine rings is 1. The molecule has 0 radical (unpaired) electrons. The number of hydrogen-bond donors (Lipinski definition) is 3. The summed E-state index contributed by atoms with van der Waals surface area (Å²) in [7, 11) is 0. The van der Waals surface area contributed by atoms with Gasteiger partial charge in [0.25, 0.3) is 0 Å². The highest BCUT2D eigenvalue weighted by Gasteiger charge is 2.36. The fourth-order valence-electron chi connectivity index (χ4n) is 4.72. The Morgan fingerprint density at radius 2 is 1.79 bits per heavy atom. The molecule has 0 aromatic carbocycles. The fourth-order valence-corrected chi connectivity index (χ4v) is 4.72. The molecular weight excluding hydrogens is 422 g/mol. The van der Waals surface area contributed by atoms with Gasteiger partial charge in [-0.3, -0.25) is 14.9 Å². The maximum atomic E-state index is 13.0. The molecule has 3 amide bonds. The molecule has 1 aliphatic heterocycles. The first-order valence-electron chi connectivity index (χ1n) is 11.9. The van der Waals surface area contributed by atoms with Gasteiger partial charge in [-0.15, -0.1) is 0 Å². The number of carbonyl (C=O) groups is 3. The van der Waals surface area contributed by atoms with E-state index in [9.17, 15) is 14.4 Å². The van der Waals surface area contributed by atoms with Crippen molar-refractivity contribution in [1.82, 2.24) is 9.88 Å². The number of aryl methyl sites for hydroxylation is 1. The van der Waals surface area contributed by atoms with Crippen LogP contribution in [0.5, 0.6) is 0 Å². The summed E-state index contributed by atoms with van der Waals surface area (Å²) in [6.45, 7) is 7.69. The molecule has 0 spiro atoms. The summed E-state index contributed by atoms with van der Waals surface area (Å²) in [6, 6.07) is 2.02. The second-order valence-electron chi connectivity index (χ2n) is 10.2. The predicted octanol–water partition coefficient (Wildman–Crippen LogP) is 3.57. The summed E-state index contributed by atoms with van der Waals surface area (Å²) in [6.07, 6.45) is 7.70. The number of ether oxygens (including phenoxy) is 1. The second kappa shape index (κ2) is 10.5. The van der Waals surface area contributed by atoms with Crippen molar-refractivity contribution in [1.29, 1.82) is 0 Å². The van der Waals surface area contributed by atoms with Crippen molar-refractivity contribution < 1.29 is 19.1 Å². The first-order chi connectivity index (χ1) is 15.5. The molecule has 1 atom stereocenters. The van der Waals surface area contributed by atoms with Crippen molar-refractivity contribution >= 4 is 29.4 Å². The number of likely N-dealkylation sites (tertiary alicyclic amines) is 1. The first-order valence-corrected chi connectivity index (χ1v) is 11.9. The molecular formula is C24H37N5O4. The number of nitrogens with one attached hydrogen (secondary N) is 2. The molecule has 33 heavy (non-hydrogen) atoms. The van der Waals surface area contributed by atoms with Gasteiger partial charge in [0.05, 0.1) is 11.9 Å². The number of nitrogens with two attached hydrogens (primary N) is 1. The van der Waals surface area contributed by atoms with Crippen molar-refractivity contribution in [3.8, 4) is 0 Å². The average molecular weight is 460 g/mol. The molecule has 1 aromatic rings. The van der Waals surface area contributed by atoms with Crippen molar-refractivity contribution in [3.63, 3.8) is 0 Å². The third-order valence-corrected chi connectivity index (χ3v) is 6.32. The van der Waals surface area contributed by atoms with Crippen LogP contribution in [0.3, 0.4) is 0 Å². The molecule has 9 heteroatoms. The highest BCUT2D eigenvalue weighted by molar-refractivity contribution is 6.39. The molecule has 1 saturated carbocycles. The smallest absolute Gasteiger partial charge is 0.413 e. The van der Waals surface area contributed by atoms with E-state index < -0.39 is 23.5 Å². The summed E-state index contributed by atoms with van der Waals surface area (Å²) < 4.78 is 5.24. The van der Waals surface area contributed by atoms with Crippen LogP contribution in [0.15, 0.2) is 12.3 Å². The van der Waals surface area contributed by atoms with Gasteiger partial charge in [0.1, 0.15) is 11.4 Å². The SMILES string of the molecule is Cc1cc(NC(=O)C(=O)N2CCCC[C@H]2C2CCC(N)CC2)cnc1NC(=O)OC(C)(C)C. The van der Waals surface area contributed by atoms with Crippen LogP contribution in [0.25, 0.3) is 0 Å². The summed E-state index contributed by atoms with van der Waals surface area (Å²) in [5.41, 5.74) is 6.47. The standard InChI is InChI=1S/C24H37N5O4/c1-15-13-18(14-26-20(15)28-23(32)33-24(2,3)4)27-21(30)22(31)29-12-6-5-7-19(29)16-8-10-17(25)11-9-16/h13-14,16-17,19H,5-12,25H2,1-4H3,(H,27,30)(H,26,28,32)/t16?,17?,19-/m0/s1. The van der Waals surface area contributed by atoms with E-state index in [2.05, 4.69) is 15.6 Å². The number of aromatic nitrogens is 1. The van der Waals surface area contributed by atoms with E-state index in [1.807, 2.05) is 0 Å². The van der Waals surface area contributed by atoms with Gasteiger partial charge in [0.2, 0.25) is 0 Å². The Balaban J connectivity index is 1.62. The number of pyridine rings is 1. The zero-order valence-electron chi connectivity index (χ0n) is 20.1. The van der Waals surface area contributed by atoms with Gasteiger partial charge in [-0.25, -0.2) is 9.78 Å². The van der Waals surface area contributed by atoms with Gasteiger partial charge >= 0.3 is 17.9 Å². The lowest BCUT2D eigenvalue weighted by Gasteiger charge is -2.42. The van der Waals surface area contributed by atoms with Crippen molar-refractivity contribution in [2.24, 2.45) is 11.7 Å². The Bertz CT molecular complexity index is 874. The third-order valence-electron chi connectivity index (χ3n) is 6.32. The summed E-state index contributed by atoms with van der Waals surface area (Å²) >= 11 is 0. The highest BCUT2D eigenvalue weighted by atomic mass is 16.6. The van der Waals surface area contributed by atoms with Crippen LogP contribution in [0.4, 0.5) is 16.3 Å². The molecule has 9 nitrogen and oxygen atoms in total. The largest absolute Gasteiger partial charge is 0.444 e. The normalized spacial score (nSPS) is 23.5. The molecule has 1 aliphatic carbocycles. The van der Waals surface area contributed by atoms with E-state index in [1.54, 1.807) is 38.7 Å². The van der Waals surface area contributed by atoms with E-state index in [0.29, 0.717) is 29.5 Å².